The van der Waals surface area contributed by atoms with Crippen molar-refractivity contribution >= 4 is 60.8 Å². The Hall–Kier alpha value is 3.14. The van der Waals surface area contributed by atoms with Gasteiger partial charge >= 0.3 is 60.8 Å². The molecule has 0 rings (SSSR count). The van der Waals surface area contributed by atoms with Gasteiger partial charge in [0.15, 0.2) is 0 Å². The van der Waals surface area contributed by atoms with E-state index in [1.165, 1.54) is 0 Å². The third-order valence-electron chi connectivity index (χ3n) is 0. The molecule has 0 nitrogen and oxygen atoms in total. The van der Waals surface area contributed by atoms with Gasteiger partial charge in [0.05, 0.1) is 0 Å². The van der Waals surface area contributed by atoms with Crippen LogP contribution in [0.1, 0.15) is 0 Å². The third-order valence-corrected chi connectivity index (χ3v) is 0. The molecule has 0 atom stereocenters. The van der Waals surface area contributed by atoms with E-state index >= 15 is 0 Å². The van der Waals surface area contributed by atoms with E-state index in [-0.39, 0.29) is 96.8 Å². The van der Waals surface area contributed by atoms with Crippen LogP contribution in [0.3, 0.4) is 0 Å². The maximum atomic E-state index is 0. The smallest absolute Gasteiger partial charge is 0 e. The standard InChI is InChI=1S/Ca.Mg.Ni.Zn.4H. The van der Waals surface area contributed by atoms with E-state index in [4.69, 9.17) is 0 Å². The van der Waals surface area contributed by atoms with Gasteiger partial charge in [-0.3, -0.25) is 0 Å². The van der Waals surface area contributed by atoms with Gasteiger partial charge in [0.1, 0.15) is 0 Å². The van der Waals surface area contributed by atoms with Crippen molar-refractivity contribution in [2.45, 2.75) is 0 Å². The molecule has 0 unspecified atom stereocenters. The molecule has 0 spiro atoms. The molecule has 0 fully saturated rings. The topological polar surface area (TPSA) is 0 Å². The molecule has 20 valence electrons. The van der Waals surface area contributed by atoms with Gasteiger partial charge in [0, 0.05) is 36.0 Å². The first kappa shape index (κ1) is 27.3. The second-order valence-corrected chi connectivity index (χ2v) is 0. The summed E-state index contributed by atoms with van der Waals surface area (Å²) in [4.78, 5) is 0. The van der Waals surface area contributed by atoms with Crippen molar-refractivity contribution in [2.24, 2.45) is 0 Å². The summed E-state index contributed by atoms with van der Waals surface area (Å²) in [6, 6.07) is 0. The second kappa shape index (κ2) is 16.4. The van der Waals surface area contributed by atoms with Gasteiger partial charge in [-0.1, -0.05) is 0 Å². The number of hydrogen-bond donors (Lipinski definition) is 0. The average Bonchev–Trinajstić information content (AvgIpc) is 0. The van der Waals surface area contributed by atoms with Crippen molar-refractivity contribution in [2.75, 3.05) is 0 Å². The van der Waals surface area contributed by atoms with E-state index in [1.807, 2.05) is 0 Å². The van der Waals surface area contributed by atoms with Crippen LogP contribution >= 0.6 is 0 Å². The van der Waals surface area contributed by atoms with Gasteiger partial charge in [0.25, 0.3) is 0 Å². The van der Waals surface area contributed by atoms with Crippen LogP contribution in [0.25, 0.3) is 0 Å². The molecule has 0 aromatic carbocycles. The summed E-state index contributed by atoms with van der Waals surface area (Å²) in [5, 5.41) is 0. The second-order valence-electron chi connectivity index (χ2n) is 0. The predicted molar refractivity (Wildman–Crippen MR) is 17.1 cm³/mol. The fraction of sp³-hybridized carbons (Fsp3) is 0. The van der Waals surface area contributed by atoms with Crippen LogP contribution in [0.2, 0.25) is 0 Å². The Morgan fingerprint density at radius 1 is 1.00 bits per heavy atom. The van der Waals surface area contributed by atoms with E-state index in [0.29, 0.717) is 0 Å². The van der Waals surface area contributed by atoms with E-state index in [9.17, 15) is 0 Å². The van der Waals surface area contributed by atoms with Crippen LogP contribution in [0.4, 0.5) is 0 Å². The van der Waals surface area contributed by atoms with Crippen LogP contribution in [0.15, 0.2) is 0 Å². The first-order valence-corrected chi connectivity index (χ1v) is 0. The zero-order valence-corrected chi connectivity index (χ0v) is 4.98. The van der Waals surface area contributed by atoms with Gasteiger partial charge in [-0.15, -0.1) is 0 Å². The fourth-order valence-electron chi connectivity index (χ4n) is 0. The molecule has 0 N–H and O–H groups in total. The molecule has 0 aliphatic rings. The summed E-state index contributed by atoms with van der Waals surface area (Å²) in [5.74, 6) is 0. The Bertz CT molecular complexity index is 8.00. The van der Waals surface area contributed by atoms with E-state index in [0.717, 1.165) is 0 Å². The normalized spacial score (nSPS) is 0. The Morgan fingerprint density at radius 2 is 1.00 bits per heavy atom. The van der Waals surface area contributed by atoms with Crippen LogP contribution in [-0.4, -0.2) is 60.8 Å². The molecule has 0 amide bonds. The largest absolute Gasteiger partial charge is 0.316 e. The average molecular weight is 192 g/mol. The minimum absolute atomic E-state index is 0. The van der Waals surface area contributed by atoms with Crippen molar-refractivity contribution < 1.29 is 36.0 Å². The van der Waals surface area contributed by atoms with Gasteiger partial charge in [-0.25, -0.2) is 0 Å². The van der Waals surface area contributed by atoms with Crippen molar-refractivity contribution in [1.29, 1.82) is 0 Å². The minimum atomic E-state index is 0. The number of rotatable bonds is 0. The fourth-order valence-corrected chi connectivity index (χ4v) is 0. The summed E-state index contributed by atoms with van der Waals surface area (Å²) >= 11 is 0. The van der Waals surface area contributed by atoms with Crippen molar-refractivity contribution in [1.82, 2.24) is 0 Å². The maximum Gasteiger partial charge on any atom is 0.316 e. The Balaban J connectivity index is 0. The summed E-state index contributed by atoms with van der Waals surface area (Å²) < 4.78 is 0. The van der Waals surface area contributed by atoms with Crippen LogP contribution in [-0.2, 0) is 36.0 Å². The molecule has 0 saturated carbocycles. The van der Waals surface area contributed by atoms with Crippen LogP contribution < -0.4 is 0 Å². The van der Waals surface area contributed by atoms with E-state index in [2.05, 4.69) is 0 Å². The SMILES string of the molecule is [CaH2].[MgH2].[Ni].[Zn]. The molecule has 0 heterocycles. The maximum absolute atomic E-state index is 0. The first-order valence-electron chi connectivity index (χ1n) is 0. The molecule has 0 radical (unpaired) electrons. The van der Waals surface area contributed by atoms with Gasteiger partial charge in [0.2, 0.25) is 0 Å². The molecule has 0 aliphatic heterocycles. The predicted octanol–water partition coefficient (Wildman–Crippen LogP) is -1.84. The molecule has 4 heavy (non-hydrogen) atoms. The van der Waals surface area contributed by atoms with Crippen molar-refractivity contribution in [3.63, 3.8) is 0 Å². The van der Waals surface area contributed by atoms with Crippen molar-refractivity contribution in [3.05, 3.63) is 0 Å². The van der Waals surface area contributed by atoms with Gasteiger partial charge in [-0.05, 0) is 0 Å². The molecular formula is H4CaMgNiZn. The van der Waals surface area contributed by atoms with Gasteiger partial charge < -0.3 is 0 Å². The first-order chi connectivity index (χ1) is 0. The van der Waals surface area contributed by atoms with Gasteiger partial charge in [-0.2, -0.15) is 0 Å². The summed E-state index contributed by atoms with van der Waals surface area (Å²) in [6.45, 7) is 0. The summed E-state index contributed by atoms with van der Waals surface area (Å²) in [7, 11) is 0. The molecule has 0 bridgehead atoms. The zero-order chi connectivity index (χ0) is 0. The quantitative estimate of drug-likeness (QED) is 0.396. The Kier molecular flexibility index (Phi) is 112. The summed E-state index contributed by atoms with van der Waals surface area (Å²) in [5.41, 5.74) is 0. The van der Waals surface area contributed by atoms with Crippen LogP contribution in [0, 0.1) is 0 Å². The van der Waals surface area contributed by atoms with E-state index in [1.54, 1.807) is 0 Å². The minimum Gasteiger partial charge on any atom is 0 e. The Labute approximate surface area is 94.7 Å². The van der Waals surface area contributed by atoms with Crippen molar-refractivity contribution in [3.8, 4) is 0 Å². The molecule has 0 aromatic heterocycles. The zero-order valence-electron chi connectivity index (χ0n) is 1.02. The molecule has 0 saturated heterocycles. The van der Waals surface area contributed by atoms with Crippen LogP contribution in [0.5, 0.6) is 0 Å². The molecule has 0 aliphatic carbocycles. The monoisotopic (exact) mass is 190 g/mol. The van der Waals surface area contributed by atoms with E-state index < -0.39 is 0 Å². The Morgan fingerprint density at radius 3 is 1.00 bits per heavy atom. The number of hydrogen-bond acceptors (Lipinski definition) is 0. The molecule has 4 heteroatoms. The third kappa shape index (κ3) is 8.94. The summed E-state index contributed by atoms with van der Waals surface area (Å²) in [6.07, 6.45) is 0. The molecule has 0 aromatic rings. The molecular weight excluding hydrogens is 188 g/mol.